The molecule has 0 saturated heterocycles. The van der Waals surface area contributed by atoms with E-state index in [0.717, 1.165) is 11.4 Å². The Hall–Kier alpha value is -1.40. The van der Waals surface area contributed by atoms with Gasteiger partial charge in [0.15, 0.2) is 0 Å². The fourth-order valence-electron chi connectivity index (χ4n) is 1.42. The number of nitrogens with zero attached hydrogens (tertiary/aromatic N) is 2. The van der Waals surface area contributed by atoms with Gasteiger partial charge in [-0.1, -0.05) is 0 Å². The largest absolute Gasteiger partial charge is 0.481 e. The molecule has 0 spiro atoms. The second-order valence-corrected chi connectivity index (χ2v) is 3.55. The summed E-state index contributed by atoms with van der Waals surface area (Å²) in [5, 5.41) is 3.19. The highest BCUT2D eigenvalue weighted by Crippen LogP contribution is 2.19. The van der Waals surface area contributed by atoms with Gasteiger partial charge in [0.25, 0.3) is 0 Å². The summed E-state index contributed by atoms with van der Waals surface area (Å²) in [5.41, 5.74) is 0.877. The molecule has 96 valence electrons. The lowest BCUT2D eigenvalue weighted by Crippen LogP contribution is -2.27. The second kappa shape index (κ2) is 7.03. The molecular formula is C11H19N3O3. The maximum atomic E-state index is 5.25. The van der Waals surface area contributed by atoms with E-state index in [1.807, 2.05) is 6.92 Å². The molecule has 0 aliphatic carbocycles. The topological polar surface area (TPSA) is 65.5 Å². The molecule has 6 nitrogen and oxygen atoms in total. The number of nitrogens with one attached hydrogen (secondary N) is 1. The van der Waals surface area contributed by atoms with Crippen molar-refractivity contribution < 1.29 is 14.2 Å². The molecule has 1 unspecified atom stereocenters. The fourth-order valence-corrected chi connectivity index (χ4v) is 1.42. The molecule has 0 fully saturated rings. The Morgan fingerprint density at radius 1 is 1.29 bits per heavy atom. The Bertz CT molecular complexity index is 347. The van der Waals surface area contributed by atoms with Crippen LogP contribution >= 0.6 is 0 Å². The van der Waals surface area contributed by atoms with Crippen molar-refractivity contribution in [1.82, 2.24) is 9.97 Å². The summed E-state index contributed by atoms with van der Waals surface area (Å²) in [6.45, 7) is 3.05. The van der Waals surface area contributed by atoms with Crippen LogP contribution in [0.5, 0.6) is 5.88 Å². The molecule has 6 heteroatoms. The van der Waals surface area contributed by atoms with Crippen LogP contribution in [0.15, 0.2) is 6.33 Å². The summed E-state index contributed by atoms with van der Waals surface area (Å²) in [6.07, 6.45) is 1.45. The van der Waals surface area contributed by atoms with Gasteiger partial charge in [-0.3, -0.25) is 0 Å². The molecular weight excluding hydrogens is 222 g/mol. The van der Waals surface area contributed by atoms with Crippen molar-refractivity contribution in [3.05, 3.63) is 11.9 Å². The lowest BCUT2D eigenvalue weighted by molar-refractivity contribution is 0.0365. The van der Waals surface area contributed by atoms with Crippen molar-refractivity contribution in [2.24, 2.45) is 0 Å². The van der Waals surface area contributed by atoms with E-state index in [2.05, 4.69) is 15.3 Å². The number of aromatic nitrogens is 2. The minimum absolute atomic E-state index is 0.0136. The molecule has 0 aliphatic rings. The van der Waals surface area contributed by atoms with Gasteiger partial charge >= 0.3 is 0 Å². The van der Waals surface area contributed by atoms with Crippen LogP contribution in [0.4, 0.5) is 5.82 Å². The van der Waals surface area contributed by atoms with Gasteiger partial charge in [-0.05, 0) is 6.92 Å². The Balaban J connectivity index is 2.62. The van der Waals surface area contributed by atoms with E-state index in [9.17, 15) is 0 Å². The van der Waals surface area contributed by atoms with Crippen LogP contribution in [-0.2, 0) is 9.47 Å². The maximum absolute atomic E-state index is 5.25. The molecule has 0 bridgehead atoms. The zero-order chi connectivity index (χ0) is 12.7. The number of hydrogen-bond donors (Lipinski definition) is 1. The van der Waals surface area contributed by atoms with Crippen LogP contribution in [-0.4, -0.2) is 50.6 Å². The monoisotopic (exact) mass is 241 g/mol. The summed E-state index contributed by atoms with van der Waals surface area (Å²) in [5.74, 6) is 1.32. The normalized spacial score (nSPS) is 12.2. The number of methoxy groups -OCH3 is 3. The Kier molecular flexibility index (Phi) is 5.65. The Morgan fingerprint density at radius 3 is 2.65 bits per heavy atom. The predicted molar refractivity (Wildman–Crippen MR) is 64.5 cm³/mol. The van der Waals surface area contributed by atoms with E-state index in [-0.39, 0.29) is 6.10 Å². The zero-order valence-corrected chi connectivity index (χ0v) is 10.7. The average Bonchev–Trinajstić information content (AvgIpc) is 2.36. The van der Waals surface area contributed by atoms with Gasteiger partial charge < -0.3 is 19.5 Å². The predicted octanol–water partition coefficient (Wildman–Crippen LogP) is 0.867. The molecule has 1 rings (SSSR count). The minimum Gasteiger partial charge on any atom is -0.481 e. The average molecular weight is 241 g/mol. The second-order valence-electron chi connectivity index (χ2n) is 3.55. The highest BCUT2D eigenvalue weighted by molar-refractivity contribution is 5.47. The maximum Gasteiger partial charge on any atom is 0.221 e. The van der Waals surface area contributed by atoms with E-state index in [4.69, 9.17) is 14.2 Å². The Labute approximate surface area is 101 Å². The van der Waals surface area contributed by atoms with Gasteiger partial charge in [0, 0.05) is 20.8 Å². The van der Waals surface area contributed by atoms with Gasteiger partial charge in [-0.2, -0.15) is 0 Å². The van der Waals surface area contributed by atoms with E-state index >= 15 is 0 Å². The van der Waals surface area contributed by atoms with Crippen molar-refractivity contribution >= 4 is 5.82 Å². The van der Waals surface area contributed by atoms with Crippen LogP contribution in [0.1, 0.15) is 5.56 Å². The molecule has 0 aliphatic heterocycles. The van der Waals surface area contributed by atoms with Crippen LogP contribution in [0.3, 0.4) is 0 Å². The summed E-state index contributed by atoms with van der Waals surface area (Å²) >= 11 is 0. The lowest BCUT2D eigenvalue weighted by atomic mass is 10.3. The molecule has 1 aromatic heterocycles. The first-order chi connectivity index (χ1) is 8.22. The SMILES string of the molecule is COCC(CNc1ncnc(OC)c1C)OC. The number of anilines is 1. The summed E-state index contributed by atoms with van der Waals surface area (Å²) < 4.78 is 15.4. The van der Waals surface area contributed by atoms with Crippen molar-refractivity contribution in [2.75, 3.05) is 39.8 Å². The van der Waals surface area contributed by atoms with Gasteiger partial charge in [-0.25, -0.2) is 9.97 Å². The van der Waals surface area contributed by atoms with E-state index < -0.39 is 0 Å². The van der Waals surface area contributed by atoms with E-state index in [1.165, 1.54) is 6.33 Å². The highest BCUT2D eigenvalue weighted by atomic mass is 16.5. The van der Waals surface area contributed by atoms with E-state index in [1.54, 1.807) is 21.3 Å². The lowest BCUT2D eigenvalue weighted by Gasteiger charge is -2.16. The van der Waals surface area contributed by atoms with Gasteiger partial charge in [-0.15, -0.1) is 0 Å². The van der Waals surface area contributed by atoms with Crippen molar-refractivity contribution in [2.45, 2.75) is 13.0 Å². The molecule has 0 saturated carbocycles. The third kappa shape index (κ3) is 3.83. The number of ether oxygens (including phenoxy) is 3. The molecule has 1 atom stereocenters. The third-order valence-corrected chi connectivity index (χ3v) is 2.41. The third-order valence-electron chi connectivity index (χ3n) is 2.41. The standard InChI is InChI=1S/C11H19N3O3/c1-8-10(13-7-14-11(8)17-4)12-5-9(16-3)6-15-2/h7,9H,5-6H2,1-4H3,(H,12,13,14). The van der Waals surface area contributed by atoms with E-state index in [0.29, 0.717) is 19.0 Å². The summed E-state index contributed by atoms with van der Waals surface area (Å²) in [6, 6.07) is 0. The molecule has 17 heavy (non-hydrogen) atoms. The summed E-state index contributed by atoms with van der Waals surface area (Å²) in [4.78, 5) is 8.17. The molecule has 1 aromatic rings. The smallest absolute Gasteiger partial charge is 0.221 e. The van der Waals surface area contributed by atoms with Gasteiger partial charge in [0.1, 0.15) is 12.1 Å². The van der Waals surface area contributed by atoms with Crippen LogP contribution in [0, 0.1) is 6.92 Å². The number of hydrogen-bond acceptors (Lipinski definition) is 6. The molecule has 0 radical (unpaired) electrons. The van der Waals surface area contributed by atoms with Crippen LogP contribution in [0.25, 0.3) is 0 Å². The first-order valence-corrected chi connectivity index (χ1v) is 5.34. The molecule has 1 N–H and O–H groups in total. The van der Waals surface area contributed by atoms with Crippen molar-refractivity contribution in [1.29, 1.82) is 0 Å². The Morgan fingerprint density at radius 2 is 2.06 bits per heavy atom. The fraction of sp³-hybridized carbons (Fsp3) is 0.636. The molecule has 0 aromatic carbocycles. The highest BCUT2D eigenvalue weighted by Gasteiger charge is 2.10. The first-order valence-electron chi connectivity index (χ1n) is 5.34. The molecule has 1 heterocycles. The first kappa shape index (κ1) is 13.7. The van der Waals surface area contributed by atoms with Crippen LogP contribution < -0.4 is 10.1 Å². The summed E-state index contributed by atoms with van der Waals surface area (Å²) in [7, 11) is 4.88. The zero-order valence-electron chi connectivity index (χ0n) is 10.7. The minimum atomic E-state index is -0.0136. The number of rotatable bonds is 7. The van der Waals surface area contributed by atoms with Crippen LogP contribution in [0.2, 0.25) is 0 Å². The molecule has 0 amide bonds. The van der Waals surface area contributed by atoms with Crippen molar-refractivity contribution in [3.63, 3.8) is 0 Å². The van der Waals surface area contributed by atoms with Crippen molar-refractivity contribution in [3.8, 4) is 5.88 Å². The van der Waals surface area contributed by atoms with Gasteiger partial charge in [0.2, 0.25) is 5.88 Å². The quantitative estimate of drug-likeness (QED) is 0.764. The van der Waals surface area contributed by atoms with Gasteiger partial charge in [0.05, 0.1) is 25.4 Å².